The predicted octanol–water partition coefficient (Wildman–Crippen LogP) is 5.47. The summed E-state index contributed by atoms with van der Waals surface area (Å²) >= 11 is 6.00. The van der Waals surface area contributed by atoms with Crippen LogP contribution in [0.5, 0.6) is 0 Å². The minimum Gasteiger partial charge on any atom is -0.454 e. The number of nitrogens with one attached hydrogen (secondary N) is 3. The fraction of sp³-hybridized carbons (Fsp3) is 0.179. The van der Waals surface area contributed by atoms with Crippen LogP contribution in [0.15, 0.2) is 63.8 Å². The van der Waals surface area contributed by atoms with Crippen LogP contribution < -0.4 is 15.5 Å². The van der Waals surface area contributed by atoms with Crippen LogP contribution in [-0.4, -0.2) is 30.5 Å². The van der Waals surface area contributed by atoms with Gasteiger partial charge in [0.2, 0.25) is 10.0 Å². The summed E-state index contributed by atoms with van der Waals surface area (Å²) in [5.74, 6) is -0.491. The van der Waals surface area contributed by atoms with E-state index in [0.717, 1.165) is 22.7 Å². The first-order valence-electron chi connectivity index (χ1n) is 12.0. The molecule has 0 fully saturated rings. The largest absolute Gasteiger partial charge is 0.454 e. The fourth-order valence-corrected chi connectivity index (χ4v) is 5.18. The van der Waals surface area contributed by atoms with Crippen LogP contribution in [0.4, 0.5) is 5.69 Å². The molecule has 0 aliphatic carbocycles. The Labute approximate surface area is 229 Å². The molecule has 3 aromatic heterocycles. The topological polar surface area (TPSA) is 134 Å². The van der Waals surface area contributed by atoms with E-state index in [9.17, 15) is 18.0 Å². The lowest BCUT2D eigenvalue weighted by atomic mass is 9.99. The number of hydrogen-bond donors (Lipinski definition) is 3. The number of nitrogens with zero attached hydrogens (tertiary/aromatic N) is 1. The SMILES string of the molecule is Cc1cc([C@@H](C)Nc2ccc(Cl)nc2C(=O)NS(C)(=O)=O)c2oc(-c3cc4ccccc4[nH]3)c(C)c(=O)c2c1. The van der Waals surface area contributed by atoms with Gasteiger partial charge in [-0.1, -0.05) is 35.9 Å². The number of carbonyl (C=O) groups excluding carboxylic acids is 1. The quantitative estimate of drug-likeness (QED) is 0.233. The van der Waals surface area contributed by atoms with Gasteiger partial charge in [0.1, 0.15) is 10.7 Å². The van der Waals surface area contributed by atoms with Crippen molar-refractivity contribution in [1.82, 2.24) is 14.7 Å². The summed E-state index contributed by atoms with van der Waals surface area (Å²) in [7, 11) is -3.83. The van der Waals surface area contributed by atoms with Crippen LogP contribution in [0.3, 0.4) is 0 Å². The molecule has 5 aromatic rings. The molecule has 2 aromatic carbocycles. The van der Waals surface area contributed by atoms with Gasteiger partial charge in [0, 0.05) is 22.0 Å². The van der Waals surface area contributed by atoms with Crippen molar-refractivity contribution in [3.63, 3.8) is 0 Å². The molecule has 5 rings (SSSR count). The normalized spacial score (nSPS) is 12.5. The van der Waals surface area contributed by atoms with Crippen molar-refractivity contribution < 1.29 is 17.6 Å². The van der Waals surface area contributed by atoms with Gasteiger partial charge in [-0.15, -0.1) is 0 Å². The Hall–Kier alpha value is -4.15. The lowest BCUT2D eigenvalue weighted by Crippen LogP contribution is -2.31. The maximum absolute atomic E-state index is 13.5. The van der Waals surface area contributed by atoms with Crippen molar-refractivity contribution >= 4 is 55.1 Å². The Kier molecular flexibility index (Phi) is 6.69. The van der Waals surface area contributed by atoms with Gasteiger partial charge in [-0.25, -0.2) is 18.1 Å². The molecule has 11 heteroatoms. The number of aromatic amines is 1. The first-order chi connectivity index (χ1) is 18.4. The van der Waals surface area contributed by atoms with Crippen LogP contribution in [0, 0.1) is 13.8 Å². The van der Waals surface area contributed by atoms with Crippen LogP contribution in [-0.2, 0) is 10.0 Å². The lowest BCUT2D eigenvalue weighted by Gasteiger charge is -2.20. The first-order valence-corrected chi connectivity index (χ1v) is 14.3. The number of benzene rings is 2. The zero-order valence-electron chi connectivity index (χ0n) is 21.5. The number of hydrogen-bond acceptors (Lipinski definition) is 7. The number of para-hydroxylation sites is 1. The summed E-state index contributed by atoms with van der Waals surface area (Å²) in [5, 5.41) is 4.65. The summed E-state index contributed by atoms with van der Waals surface area (Å²) in [6.07, 6.45) is 0.874. The average molecular weight is 565 g/mol. The highest BCUT2D eigenvalue weighted by Gasteiger charge is 2.23. The van der Waals surface area contributed by atoms with Gasteiger partial charge in [-0.05, 0) is 56.7 Å². The molecule has 0 aliphatic rings. The molecule has 0 spiro atoms. The number of rotatable bonds is 6. The Bertz CT molecular complexity index is 1910. The standard InChI is InChI=1S/C28H25ClN4O5S/c1-14-11-18(16(3)30-21-9-10-23(29)32-24(21)28(35)33-39(4,36)37)27-19(12-14)25(34)15(2)26(38-27)22-13-17-7-5-6-8-20(17)31-22/h5-13,16,30-31H,1-4H3,(H,33,35)/t16-/m1/s1. The molecule has 0 bridgehead atoms. The van der Waals surface area contributed by atoms with Gasteiger partial charge in [-0.2, -0.15) is 0 Å². The number of halogens is 1. The van der Waals surface area contributed by atoms with E-state index in [0.29, 0.717) is 33.6 Å². The Morgan fingerprint density at radius 1 is 1.10 bits per heavy atom. The fourth-order valence-electron chi connectivity index (χ4n) is 4.59. The van der Waals surface area contributed by atoms with E-state index in [-0.39, 0.29) is 22.0 Å². The molecular formula is C28H25ClN4O5S. The number of sulfonamides is 1. The van der Waals surface area contributed by atoms with E-state index in [1.165, 1.54) is 12.1 Å². The third-order valence-electron chi connectivity index (χ3n) is 6.36. The third kappa shape index (κ3) is 5.25. The smallest absolute Gasteiger partial charge is 0.285 e. The molecular weight excluding hydrogens is 540 g/mol. The van der Waals surface area contributed by atoms with Gasteiger partial charge >= 0.3 is 0 Å². The summed E-state index contributed by atoms with van der Waals surface area (Å²) < 4.78 is 31.6. The van der Waals surface area contributed by atoms with Crippen molar-refractivity contribution in [2.45, 2.75) is 26.8 Å². The van der Waals surface area contributed by atoms with Crippen molar-refractivity contribution in [3.8, 4) is 11.5 Å². The molecule has 9 nitrogen and oxygen atoms in total. The monoisotopic (exact) mass is 564 g/mol. The molecule has 0 saturated heterocycles. The third-order valence-corrected chi connectivity index (χ3v) is 7.13. The van der Waals surface area contributed by atoms with Gasteiger partial charge in [-0.3, -0.25) is 9.59 Å². The summed E-state index contributed by atoms with van der Waals surface area (Å²) in [5.41, 5.74) is 3.92. The highest BCUT2D eigenvalue weighted by atomic mass is 35.5. The van der Waals surface area contributed by atoms with E-state index in [1.54, 1.807) is 13.0 Å². The Morgan fingerprint density at radius 2 is 1.85 bits per heavy atom. The number of anilines is 1. The maximum atomic E-state index is 13.5. The zero-order chi connectivity index (χ0) is 28.1. The lowest BCUT2D eigenvalue weighted by molar-refractivity contribution is 0.0977. The second-order valence-corrected chi connectivity index (χ2v) is 11.6. The van der Waals surface area contributed by atoms with E-state index < -0.39 is 22.0 Å². The van der Waals surface area contributed by atoms with Crippen molar-refractivity contribution in [3.05, 3.63) is 92.4 Å². The van der Waals surface area contributed by atoms with E-state index in [2.05, 4.69) is 15.3 Å². The van der Waals surface area contributed by atoms with Crippen molar-refractivity contribution in [2.75, 3.05) is 11.6 Å². The van der Waals surface area contributed by atoms with E-state index in [4.69, 9.17) is 16.0 Å². The highest BCUT2D eigenvalue weighted by Crippen LogP contribution is 2.33. The summed E-state index contributed by atoms with van der Waals surface area (Å²) in [6.45, 7) is 5.45. The Morgan fingerprint density at radius 3 is 2.56 bits per heavy atom. The maximum Gasteiger partial charge on any atom is 0.285 e. The Balaban J connectivity index is 1.62. The molecule has 39 heavy (non-hydrogen) atoms. The minimum absolute atomic E-state index is 0.0253. The van der Waals surface area contributed by atoms with E-state index >= 15 is 0 Å². The van der Waals surface area contributed by atoms with Crippen molar-refractivity contribution in [1.29, 1.82) is 0 Å². The van der Waals surface area contributed by atoms with Gasteiger partial charge < -0.3 is 14.7 Å². The minimum atomic E-state index is -3.83. The second-order valence-electron chi connectivity index (χ2n) is 9.49. The number of pyridine rings is 1. The zero-order valence-corrected chi connectivity index (χ0v) is 23.1. The highest BCUT2D eigenvalue weighted by molar-refractivity contribution is 7.89. The average Bonchev–Trinajstić information content (AvgIpc) is 3.30. The van der Waals surface area contributed by atoms with Crippen LogP contribution in [0.25, 0.3) is 33.3 Å². The first kappa shape index (κ1) is 26.5. The van der Waals surface area contributed by atoms with Gasteiger partial charge in [0.05, 0.1) is 29.1 Å². The number of aromatic nitrogens is 2. The van der Waals surface area contributed by atoms with Gasteiger partial charge in [0.25, 0.3) is 5.91 Å². The van der Waals surface area contributed by atoms with Gasteiger partial charge in [0.15, 0.2) is 16.9 Å². The summed E-state index contributed by atoms with van der Waals surface area (Å²) in [6, 6.07) is 15.9. The summed E-state index contributed by atoms with van der Waals surface area (Å²) in [4.78, 5) is 33.5. The molecule has 3 N–H and O–H groups in total. The van der Waals surface area contributed by atoms with Crippen LogP contribution in [0.2, 0.25) is 5.15 Å². The van der Waals surface area contributed by atoms with Crippen LogP contribution >= 0.6 is 11.6 Å². The molecule has 3 heterocycles. The molecule has 0 radical (unpaired) electrons. The molecule has 200 valence electrons. The molecule has 1 amide bonds. The second kappa shape index (κ2) is 9.87. The van der Waals surface area contributed by atoms with Crippen LogP contribution in [0.1, 0.15) is 40.1 Å². The number of carbonyl (C=O) groups is 1. The number of aryl methyl sites for hydroxylation is 1. The van der Waals surface area contributed by atoms with E-state index in [1.807, 2.05) is 55.0 Å². The molecule has 0 saturated carbocycles. The molecule has 0 unspecified atom stereocenters. The number of fused-ring (bicyclic) bond motifs is 2. The molecule has 1 atom stereocenters. The predicted molar refractivity (Wildman–Crippen MR) is 153 cm³/mol. The van der Waals surface area contributed by atoms with Crippen molar-refractivity contribution in [2.24, 2.45) is 0 Å². The number of amides is 1. The number of H-pyrrole nitrogens is 1. The molecule has 0 aliphatic heterocycles.